The third kappa shape index (κ3) is 8.07. The molecule has 0 saturated heterocycles. The molecule has 0 aliphatic heterocycles. The monoisotopic (exact) mass is 137 g/mol. The van der Waals surface area contributed by atoms with Crippen molar-refractivity contribution in [2.24, 2.45) is 0 Å². The number of nitrogens with zero attached hydrogens (tertiary/aromatic N) is 1. The van der Waals surface area contributed by atoms with E-state index in [1.807, 2.05) is 18.2 Å². The molecular weight excluding hydrogens is 129 g/mol. The van der Waals surface area contributed by atoms with Crippen LogP contribution in [0.4, 0.5) is 0 Å². The van der Waals surface area contributed by atoms with Gasteiger partial charge in [0.25, 0.3) is 0 Å². The van der Waals surface area contributed by atoms with Crippen molar-refractivity contribution in [3.05, 3.63) is 30.6 Å². The Hall–Kier alpha value is 0.0700. The molecule has 3 nitrogen and oxygen atoms in total. The second kappa shape index (κ2) is 10.9. The summed E-state index contributed by atoms with van der Waals surface area (Å²) in [5, 5.41) is 0. The first-order valence-electron chi connectivity index (χ1n) is 1.85. The van der Waals surface area contributed by atoms with Gasteiger partial charge in [-0.25, -0.2) is 0 Å². The second-order valence-electron chi connectivity index (χ2n) is 1.02. The molecule has 0 aliphatic carbocycles. The zero-order valence-electron chi connectivity index (χ0n) is 5.28. The molecule has 0 atom stereocenters. The van der Waals surface area contributed by atoms with Gasteiger partial charge >= 0.3 is 29.6 Å². The number of rotatable bonds is 0. The molecule has 0 amide bonds. The molecule has 1 aromatic rings. The molecule has 0 radical (unpaired) electrons. The van der Waals surface area contributed by atoms with E-state index in [0.717, 1.165) is 0 Å². The van der Waals surface area contributed by atoms with Crippen LogP contribution in [0.2, 0.25) is 0 Å². The zero-order valence-corrected chi connectivity index (χ0v) is 7.28. The fourth-order valence-corrected chi connectivity index (χ4v) is 0.313. The molecule has 46 valence electrons. The number of hydrogen-bond donors (Lipinski definition) is 0. The van der Waals surface area contributed by atoms with Crippen molar-refractivity contribution >= 4 is 0 Å². The molecule has 0 fully saturated rings. The van der Waals surface area contributed by atoms with Crippen molar-refractivity contribution < 1.29 is 40.5 Å². The van der Waals surface area contributed by atoms with Gasteiger partial charge in [-0.15, -0.1) is 0 Å². The van der Waals surface area contributed by atoms with E-state index in [0.29, 0.717) is 0 Å². The summed E-state index contributed by atoms with van der Waals surface area (Å²) in [5.74, 6) is 0. The molecule has 0 aromatic carbocycles. The molecule has 1 heterocycles. The van der Waals surface area contributed by atoms with Gasteiger partial charge in [0, 0.05) is 12.4 Å². The Balaban J connectivity index is -0.000000120. The van der Waals surface area contributed by atoms with E-state index in [2.05, 4.69) is 4.98 Å². The van der Waals surface area contributed by atoms with Crippen molar-refractivity contribution in [1.82, 2.24) is 4.98 Å². The van der Waals surface area contributed by atoms with Crippen LogP contribution in [0.15, 0.2) is 30.6 Å². The van der Waals surface area contributed by atoms with Crippen molar-refractivity contribution in [1.29, 1.82) is 0 Å². The van der Waals surface area contributed by atoms with E-state index in [9.17, 15) is 0 Å². The van der Waals surface area contributed by atoms with Gasteiger partial charge in [-0.1, -0.05) is 6.07 Å². The molecule has 0 spiro atoms. The maximum absolute atomic E-state index is 3.78. The maximum atomic E-state index is 3.78. The second-order valence-corrected chi connectivity index (χ2v) is 1.02. The van der Waals surface area contributed by atoms with E-state index >= 15 is 0 Å². The first-order valence-corrected chi connectivity index (χ1v) is 1.85. The Morgan fingerprint density at radius 1 is 0.889 bits per heavy atom. The van der Waals surface area contributed by atoms with Gasteiger partial charge in [0.1, 0.15) is 0 Å². The minimum absolute atomic E-state index is 0. The Labute approximate surface area is 76.0 Å². The summed E-state index contributed by atoms with van der Waals surface area (Å²) in [5.41, 5.74) is 0. The summed E-state index contributed by atoms with van der Waals surface area (Å²) < 4.78 is 0. The van der Waals surface area contributed by atoms with E-state index in [4.69, 9.17) is 0 Å². The quantitative estimate of drug-likeness (QED) is 0.359. The average Bonchev–Trinajstić information content (AvgIpc) is 1.72. The van der Waals surface area contributed by atoms with E-state index < -0.39 is 0 Å². The normalized spacial score (nSPS) is 5.33. The predicted molar refractivity (Wildman–Crippen MR) is 29.8 cm³/mol. The number of pyridine rings is 1. The molecular formula is C5H8NNaO2. The van der Waals surface area contributed by atoms with Crippen molar-refractivity contribution in [2.75, 3.05) is 0 Å². The van der Waals surface area contributed by atoms with E-state index in [-0.39, 0.29) is 40.5 Å². The molecule has 0 unspecified atom stereocenters. The maximum Gasteiger partial charge on any atom is 1.00 e. The van der Waals surface area contributed by atoms with Crippen molar-refractivity contribution in [2.45, 2.75) is 0 Å². The third-order valence-corrected chi connectivity index (χ3v) is 0.566. The van der Waals surface area contributed by atoms with Crippen molar-refractivity contribution in [3.63, 3.8) is 0 Å². The molecule has 0 bridgehead atoms. The molecule has 4 heteroatoms. The van der Waals surface area contributed by atoms with Gasteiger partial charge < -0.3 is 11.0 Å². The SMILES string of the molecule is O.[Na+].[OH-].c1ccncc1. The van der Waals surface area contributed by atoms with Gasteiger partial charge in [-0.2, -0.15) is 0 Å². The number of hydrogen-bond acceptors (Lipinski definition) is 2. The molecule has 0 aliphatic rings. The van der Waals surface area contributed by atoms with Crippen LogP contribution in [0, 0.1) is 0 Å². The minimum Gasteiger partial charge on any atom is -0.870 e. The molecule has 3 N–H and O–H groups in total. The smallest absolute Gasteiger partial charge is 0.870 e. The van der Waals surface area contributed by atoms with Crippen molar-refractivity contribution in [3.8, 4) is 0 Å². The van der Waals surface area contributed by atoms with Crippen LogP contribution in [0.25, 0.3) is 0 Å². The van der Waals surface area contributed by atoms with Gasteiger partial charge in [0.15, 0.2) is 0 Å². The Bertz CT molecular complexity index is 86.9. The van der Waals surface area contributed by atoms with Crippen LogP contribution in [-0.4, -0.2) is 15.9 Å². The fourth-order valence-electron chi connectivity index (χ4n) is 0.313. The third-order valence-electron chi connectivity index (χ3n) is 0.566. The summed E-state index contributed by atoms with van der Waals surface area (Å²) in [6, 6.07) is 5.72. The Morgan fingerprint density at radius 2 is 1.33 bits per heavy atom. The van der Waals surface area contributed by atoms with Crippen LogP contribution in [0.5, 0.6) is 0 Å². The topological polar surface area (TPSA) is 74.4 Å². The number of aromatic nitrogens is 1. The summed E-state index contributed by atoms with van der Waals surface area (Å²) in [6.45, 7) is 0. The molecule has 1 aromatic heterocycles. The van der Waals surface area contributed by atoms with Crippen LogP contribution in [0.1, 0.15) is 0 Å². The van der Waals surface area contributed by atoms with Gasteiger partial charge in [0.05, 0.1) is 0 Å². The first-order chi connectivity index (χ1) is 3.00. The summed E-state index contributed by atoms with van der Waals surface area (Å²) in [7, 11) is 0. The van der Waals surface area contributed by atoms with Crippen LogP contribution in [-0.2, 0) is 0 Å². The van der Waals surface area contributed by atoms with E-state index in [1.54, 1.807) is 12.4 Å². The predicted octanol–water partition coefficient (Wildman–Crippen LogP) is -2.92. The Morgan fingerprint density at radius 3 is 1.44 bits per heavy atom. The van der Waals surface area contributed by atoms with Crippen LogP contribution >= 0.6 is 0 Å². The summed E-state index contributed by atoms with van der Waals surface area (Å²) in [4.78, 5) is 3.78. The zero-order chi connectivity index (χ0) is 4.24. The van der Waals surface area contributed by atoms with Gasteiger partial charge in [0.2, 0.25) is 0 Å². The Kier molecular flexibility index (Phi) is 19.5. The largest absolute Gasteiger partial charge is 1.00 e. The van der Waals surface area contributed by atoms with Crippen LogP contribution < -0.4 is 29.6 Å². The molecule has 0 saturated carbocycles. The average molecular weight is 137 g/mol. The summed E-state index contributed by atoms with van der Waals surface area (Å²) in [6.07, 6.45) is 3.50. The van der Waals surface area contributed by atoms with E-state index in [1.165, 1.54) is 0 Å². The fraction of sp³-hybridized carbons (Fsp3) is 0. The van der Waals surface area contributed by atoms with Crippen LogP contribution in [0.3, 0.4) is 0 Å². The summed E-state index contributed by atoms with van der Waals surface area (Å²) >= 11 is 0. The van der Waals surface area contributed by atoms with Gasteiger partial charge in [-0.3, -0.25) is 4.98 Å². The minimum atomic E-state index is 0. The molecule has 1 rings (SSSR count). The molecule has 9 heavy (non-hydrogen) atoms. The van der Waals surface area contributed by atoms with Gasteiger partial charge in [-0.05, 0) is 12.1 Å². The first kappa shape index (κ1) is 16.0. The standard InChI is InChI=1S/C5H5N.Na.2H2O/c1-2-4-6-5-3-1;;;/h1-5H;;2*1H2/q;+1;;/p-1.